The van der Waals surface area contributed by atoms with E-state index in [1.165, 1.54) is 45.2 Å². The van der Waals surface area contributed by atoms with Gasteiger partial charge in [0.2, 0.25) is 0 Å². The summed E-state index contributed by atoms with van der Waals surface area (Å²) in [7, 11) is 0. The quantitative estimate of drug-likeness (QED) is 0.511. The van der Waals surface area contributed by atoms with Crippen molar-refractivity contribution in [2.24, 2.45) is 17.8 Å². The molecule has 1 N–H and O–H groups in total. The van der Waals surface area contributed by atoms with Crippen molar-refractivity contribution < 1.29 is 0 Å². The first kappa shape index (κ1) is 14.8. The van der Waals surface area contributed by atoms with Crippen LogP contribution < -0.4 is 5.32 Å². The highest BCUT2D eigenvalue weighted by atomic mass is 14.9. The fourth-order valence-corrected chi connectivity index (χ4v) is 2.95. The Bertz CT molecular complexity index is 230. The van der Waals surface area contributed by atoms with Crippen LogP contribution in [0.1, 0.15) is 59.8 Å². The first-order valence-corrected chi connectivity index (χ1v) is 7.46. The molecule has 2 atom stereocenters. The van der Waals surface area contributed by atoms with E-state index in [0.29, 0.717) is 0 Å². The van der Waals surface area contributed by atoms with Crippen LogP contribution in [0, 0.1) is 17.8 Å². The minimum absolute atomic E-state index is 0.788. The van der Waals surface area contributed by atoms with Crippen molar-refractivity contribution in [3.8, 4) is 0 Å². The molecule has 0 aromatic carbocycles. The van der Waals surface area contributed by atoms with Gasteiger partial charge in [0.05, 0.1) is 0 Å². The van der Waals surface area contributed by atoms with E-state index < -0.39 is 0 Å². The molecule has 0 spiro atoms. The van der Waals surface area contributed by atoms with Gasteiger partial charge in [-0.1, -0.05) is 45.3 Å². The molecule has 1 heteroatoms. The van der Waals surface area contributed by atoms with Gasteiger partial charge in [-0.3, -0.25) is 0 Å². The summed E-state index contributed by atoms with van der Waals surface area (Å²) >= 11 is 0. The van der Waals surface area contributed by atoms with Crippen LogP contribution in [0.25, 0.3) is 0 Å². The Kier molecular flexibility index (Phi) is 6.87. The summed E-state index contributed by atoms with van der Waals surface area (Å²) in [5, 5.41) is 3.64. The highest BCUT2D eigenvalue weighted by Gasteiger charge is 2.17. The lowest BCUT2D eigenvalue weighted by molar-refractivity contribution is 0.378. The number of nitrogens with one attached hydrogen (secondary N) is 1. The third-order valence-electron chi connectivity index (χ3n) is 3.70. The SMILES string of the molecule is CC1=CC(C)CC(CNCCCCC(C)C)C1. The van der Waals surface area contributed by atoms with Crippen molar-refractivity contribution in [2.75, 3.05) is 13.1 Å². The monoisotopic (exact) mass is 237 g/mol. The first-order valence-electron chi connectivity index (χ1n) is 7.46. The maximum atomic E-state index is 3.64. The van der Waals surface area contributed by atoms with Crippen LogP contribution in [0.4, 0.5) is 0 Å². The molecule has 1 aliphatic carbocycles. The molecule has 0 aromatic heterocycles. The van der Waals surface area contributed by atoms with E-state index in [-0.39, 0.29) is 0 Å². The lowest BCUT2D eigenvalue weighted by atomic mass is 9.84. The second kappa shape index (κ2) is 7.92. The van der Waals surface area contributed by atoms with Crippen LogP contribution in [0.15, 0.2) is 11.6 Å². The predicted molar refractivity (Wildman–Crippen MR) is 77.2 cm³/mol. The average Bonchev–Trinajstić information content (AvgIpc) is 2.21. The number of rotatable bonds is 7. The van der Waals surface area contributed by atoms with Gasteiger partial charge in [0.15, 0.2) is 0 Å². The van der Waals surface area contributed by atoms with E-state index in [2.05, 4.69) is 39.1 Å². The second-order valence-corrected chi connectivity index (χ2v) is 6.39. The number of hydrogen-bond acceptors (Lipinski definition) is 1. The van der Waals surface area contributed by atoms with Crippen LogP contribution in [0.2, 0.25) is 0 Å². The van der Waals surface area contributed by atoms with E-state index in [0.717, 1.165) is 17.8 Å². The molecule has 0 amide bonds. The fraction of sp³-hybridized carbons (Fsp3) is 0.875. The Morgan fingerprint density at radius 3 is 2.76 bits per heavy atom. The van der Waals surface area contributed by atoms with E-state index in [1.807, 2.05) is 0 Å². The zero-order valence-electron chi connectivity index (χ0n) is 12.3. The third-order valence-corrected chi connectivity index (χ3v) is 3.70. The molecule has 0 saturated heterocycles. The smallest absolute Gasteiger partial charge is 0.00172 e. The average molecular weight is 237 g/mol. The molecule has 0 aliphatic heterocycles. The van der Waals surface area contributed by atoms with Gasteiger partial charge in [-0.05, 0) is 57.0 Å². The Morgan fingerprint density at radius 1 is 1.35 bits per heavy atom. The molecular weight excluding hydrogens is 206 g/mol. The molecule has 0 heterocycles. The number of unbranched alkanes of at least 4 members (excludes halogenated alkanes) is 1. The lowest BCUT2D eigenvalue weighted by Gasteiger charge is -2.25. The van der Waals surface area contributed by atoms with Crippen LogP contribution in [0.3, 0.4) is 0 Å². The summed E-state index contributed by atoms with van der Waals surface area (Å²) in [6.45, 7) is 11.7. The minimum Gasteiger partial charge on any atom is -0.316 e. The molecule has 17 heavy (non-hydrogen) atoms. The summed E-state index contributed by atoms with van der Waals surface area (Å²) in [4.78, 5) is 0. The van der Waals surface area contributed by atoms with Crippen LogP contribution >= 0.6 is 0 Å². The van der Waals surface area contributed by atoms with Gasteiger partial charge < -0.3 is 5.32 Å². The minimum atomic E-state index is 0.788. The van der Waals surface area contributed by atoms with E-state index >= 15 is 0 Å². The highest BCUT2D eigenvalue weighted by Crippen LogP contribution is 2.27. The molecule has 0 aromatic rings. The highest BCUT2D eigenvalue weighted by molar-refractivity contribution is 5.06. The van der Waals surface area contributed by atoms with Crippen molar-refractivity contribution >= 4 is 0 Å². The Hall–Kier alpha value is -0.300. The zero-order valence-corrected chi connectivity index (χ0v) is 12.3. The molecule has 100 valence electrons. The Balaban J connectivity index is 2.02. The van der Waals surface area contributed by atoms with Crippen LogP contribution in [-0.2, 0) is 0 Å². The first-order chi connectivity index (χ1) is 8.08. The van der Waals surface area contributed by atoms with Crippen molar-refractivity contribution in [3.05, 3.63) is 11.6 Å². The van der Waals surface area contributed by atoms with E-state index in [9.17, 15) is 0 Å². The predicted octanol–water partition coefficient (Wildman–Crippen LogP) is 4.39. The molecule has 1 aliphatic rings. The molecular formula is C16H31N. The normalized spacial score (nSPS) is 25.1. The standard InChI is InChI=1S/C16H31N/c1-13(2)7-5-6-8-17-12-16-10-14(3)9-15(4)11-16/h9,13-14,16-17H,5-8,10-12H2,1-4H3. The van der Waals surface area contributed by atoms with Crippen molar-refractivity contribution in [1.82, 2.24) is 5.32 Å². The number of hydrogen-bond donors (Lipinski definition) is 1. The molecule has 0 saturated carbocycles. The molecule has 2 unspecified atom stereocenters. The topological polar surface area (TPSA) is 12.0 Å². The second-order valence-electron chi connectivity index (χ2n) is 6.39. The van der Waals surface area contributed by atoms with Gasteiger partial charge in [0.25, 0.3) is 0 Å². The summed E-state index contributed by atoms with van der Waals surface area (Å²) in [6, 6.07) is 0. The lowest BCUT2D eigenvalue weighted by Crippen LogP contribution is -2.26. The van der Waals surface area contributed by atoms with E-state index in [1.54, 1.807) is 5.57 Å². The molecule has 0 fully saturated rings. The molecule has 1 nitrogen and oxygen atoms in total. The van der Waals surface area contributed by atoms with Crippen LogP contribution in [0.5, 0.6) is 0 Å². The largest absolute Gasteiger partial charge is 0.316 e. The van der Waals surface area contributed by atoms with Crippen molar-refractivity contribution in [3.63, 3.8) is 0 Å². The summed E-state index contributed by atoms with van der Waals surface area (Å²) in [5.41, 5.74) is 1.59. The number of allylic oxidation sites excluding steroid dienone is 2. The molecule has 0 radical (unpaired) electrons. The third kappa shape index (κ3) is 6.88. The molecule has 0 bridgehead atoms. The summed E-state index contributed by atoms with van der Waals surface area (Å²) < 4.78 is 0. The Labute approximate surface area is 108 Å². The van der Waals surface area contributed by atoms with Gasteiger partial charge in [-0.25, -0.2) is 0 Å². The fourth-order valence-electron chi connectivity index (χ4n) is 2.95. The van der Waals surface area contributed by atoms with Crippen molar-refractivity contribution in [2.45, 2.75) is 59.8 Å². The van der Waals surface area contributed by atoms with Crippen LogP contribution in [-0.4, -0.2) is 13.1 Å². The van der Waals surface area contributed by atoms with Gasteiger partial charge in [-0.2, -0.15) is 0 Å². The summed E-state index contributed by atoms with van der Waals surface area (Å²) in [6.07, 6.45) is 9.22. The maximum absolute atomic E-state index is 3.64. The zero-order chi connectivity index (χ0) is 12.7. The summed E-state index contributed by atoms with van der Waals surface area (Å²) in [5.74, 6) is 2.53. The van der Waals surface area contributed by atoms with Gasteiger partial charge >= 0.3 is 0 Å². The Morgan fingerprint density at radius 2 is 2.12 bits per heavy atom. The van der Waals surface area contributed by atoms with Gasteiger partial charge in [0.1, 0.15) is 0 Å². The van der Waals surface area contributed by atoms with Crippen molar-refractivity contribution in [1.29, 1.82) is 0 Å². The van der Waals surface area contributed by atoms with E-state index in [4.69, 9.17) is 0 Å². The van der Waals surface area contributed by atoms with Gasteiger partial charge in [0, 0.05) is 0 Å². The maximum Gasteiger partial charge on any atom is -0.00172 e. The molecule has 1 rings (SSSR count). The van der Waals surface area contributed by atoms with Gasteiger partial charge in [-0.15, -0.1) is 0 Å².